The minimum Gasteiger partial charge on any atom is -0.295 e. The lowest BCUT2D eigenvalue weighted by molar-refractivity contribution is 0.0264. The van der Waals surface area contributed by atoms with Gasteiger partial charge in [0.1, 0.15) is 10.5 Å². The maximum atomic E-state index is 13.2. The van der Waals surface area contributed by atoms with E-state index >= 15 is 0 Å². The summed E-state index contributed by atoms with van der Waals surface area (Å²) in [5, 5.41) is 0.920. The smallest absolute Gasteiger partial charge is 0.295 e. The number of terminal acetylenes is 1. The Morgan fingerprint density at radius 3 is 2.33 bits per heavy atom. The Kier molecular flexibility index (Phi) is 4.98. The van der Waals surface area contributed by atoms with Gasteiger partial charge >= 0.3 is 6.03 Å². The second-order valence-corrected chi connectivity index (χ2v) is 8.50. The molecule has 0 saturated carbocycles. The van der Waals surface area contributed by atoms with Crippen molar-refractivity contribution in [2.24, 2.45) is 0 Å². The molecule has 24 heavy (non-hydrogen) atoms. The molecule has 1 fully saturated rings. The molecule has 1 saturated heterocycles. The van der Waals surface area contributed by atoms with Crippen molar-refractivity contribution in [3.05, 3.63) is 11.3 Å². The highest BCUT2D eigenvalue weighted by molar-refractivity contribution is 7.10. The first-order valence-electron chi connectivity index (χ1n) is 8.30. The molecule has 0 atom stereocenters. The van der Waals surface area contributed by atoms with Crippen LogP contribution in [0.5, 0.6) is 0 Å². The van der Waals surface area contributed by atoms with Crippen molar-refractivity contribution < 1.29 is 4.79 Å². The molecule has 6 heteroatoms. The van der Waals surface area contributed by atoms with Crippen LogP contribution >= 0.6 is 11.5 Å². The number of carbonyl (C=O) groups excluding carboxylic acids is 1. The summed E-state index contributed by atoms with van der Waals surface area (Å²) in [6, 6.07) is -0.0483. The molecule has 0 spiro atoms. The normalized spacial score (nSPS) is 17.3. The van der Waals surface area contributed by atoms with E-state index in [4.69, 9.17) is 6.42 Å². The van der Waals surface area contributed by atoms with Crippen LogP contribution in [0.2, 0.25) is 0 Å². The summed E-state index contributed by atoms with van der Waals surface area (Å²) in [7, 11) is 0. The van der Waals surface area contributed by atoms with E-state index in [9.17, 15) is 4.79 Å². The van der Waals surface area contributed by atoms with Gasteiger partial charge in [-0.15, -0.1) is 6.42 Å². The van der Waals surface area contributed by atoms with Crippen LogP contribution in [0.4, 0.5) is 9.80 Å². The van der Waals surface area contributed by atoms with Gasteiger partial charge < -0.3 is 0 Å². The van der Waals surface area contributed by atoms with E-state index < -0.39 is 5.54 Å². The highest BCUT2D eigenvalue weighted by Crippen LogP contribution is 2.34. The Labute approximate surface area is 149 Å². The van der Waals surface area contributed by atoms with Crippen LogP contribution in [-0.2, 0) is 6.42 Å². The van der Waals surface area contributed by atoms with Crippen LogP contribution in [0.25, 0.3) is 0 Å². The molecule has 5 nitrogen and oxygen atoms in total. The Morgan fingerprint density at radius 2 is 1.88 bits per heavy atom. The van der Waals surface area contributed by atoms with Crippen molar-refractivity contribution in [3.63, 3.8) is 0 Å². The number of aryl methyl sites for hydroxylation is 1. The van der Waals surface area contributed by atoms with Gasteiger partial charge in [-0.25, -0.2) is 4.79 Å². The number of nitrogens with zero attached hydrogens (tertiary/aromatic N) is 4. The third-order valence-corrected chi connectivity index (χ3v) is 5.65. The number of hydrogen-bond acceptors (Lipinski definition) is 4. The molecule has 0 radical (unpaired) electrons. The number of aromatic nitrogens is 1. The van der Waals surface area contributed by atoms with Gasteiger partial charge in [0.2, 0.25) is 0 Å². The summed E-state index contributed by atoms with van der Waals surface area (Å²) >= 11 is 1.39. The summed E-state index contributed by atoms with van der Waals surface area (Å²) in [5.74, 6) is 2.76. The lowest BCUT2D eigenvalue weighted by atomic mass is 10.0. The Morgan fingerprint density at radius 1 is 1.25 bits per heavy atom. The van der Waals surface area contributed by atoms with Crippen LogP contribution in [-0.4, -0.2) is 44.6 Å². The molecule has 0 N–H and O–H groups in total. The summed E-state index contributed by atoms with van der Waals surface area (Å²) in [5.41, 5.74) is 1.42. The van der Waals surface area contributed by atoms with Crippen molar-refractivity contribution in [1.29, 1.82) is 0 Å². The van der Waals surface area contributed by atoms with Gasteiger partial charge in [-0.05, 0) is 59.5 Å². The van der Waals surface area contributed by atoms with Gasteiger partial charge in [0.05, 0.1) is 19.0 Å². The monoisotopic (exact) mass is 348 g/mol. The first-order chi connectivity index (χ1) is 11.0. The van der Waals surface area contributed by atoms with E-state index in [-0.39, 0.29) is 11.6 Å². The maximum absolute atomic E-state index is 13.2. The molecule has 132 valence electrons. The number of carbonyl (C=O) groups is 1. The molecule has 0 unspecified atom stereocenters. The minimum absolute atomic E-state index is 0.0483. The van der Waals surface area contributed by atoms with Crippen molar-refractivity contribution in [3.8, 4) is 12.3 Å². The standard InChI is InChI=1S/C18H28N4OS/c1-9-14-13(3)15(24-19-14)21-11-20(17(4,5)6)12-22(16(21)23)18(7,8)10-2/h2H,9,11-12H2,1,3-8H3. The van der Waals surface area contributed by atoms with Crippen molar-refractivity contribution in [1.82, 2.24) is 14.2 Å². The van der Waals surface area contributed by atoms with Gasteiger partial charge in [0.15, 0.2) is 0 Å². The summed E-state index contributed by atoms with van der Waals surface area (Å²) in [6.07, 6.45) is 6.57. The molecule has 1 aliphatic heterocycles. The highest BCUT2D eigenvalue weighted by atomic mass is 32.1. The Hall–Kier alpha value is -1.58. The summed E-state index contributed by atoms with van der Waals surface area (Å²) in [6.45, 7) is 15.5. The lowest BCUT2D eigenvalue weighted by Gasteiger charge is -2.50. The molecule has 1 aromatic rings. The van der Waals surface area contributed by atoms with Gasteiger partial charge in [-0.3, -0.25) is 14.7 Å². The summed E-state index contributed by atoms with van der Waals surface area (Å²) < 4.78 is 4.51. The largest absolute Gasteiger partial charge is 0.328 e. The van der Waals surface area contributed by atoms with Crippen LogP contribution in [0, 0.1) is 19.3 Å². The fourth-order valence-electron chi connectivity index (χ4n) is 2.66. The Balaban J connectivity index is 2.47. The van der Waals surface area contributed by atoms with Gasteiger partial charge in [0, 0.05) is 11.1 Å². The predicted octanol–water partition coefficient (Wildman–Crippen LogP) is 3.68. The third kappa shape index (κ3) is 3.28. The van der Waals surface area contributed by atoms with Gasteiger partial charge in [-0.2, -0.15) is 4.37 Å². The van der Waals surface area contributed by atoms with Crippen LogP contribution in [0.3, 0.4) is 0 Å². The van der Waals surface area contributed by atoms with Crippen molar-refractivity contribution in [2.45, 2.75) is 66.0 Å². The molecule has 0 aromatic carbocycles. The molecule has 2 rings (SSSR count). The molecule has 2 heterocycles. The maximum Gasteiger partial charge on any atom is 0.328 e. The summed E-state index contributed by atoms with van der Waals surface area (Å²) in [4.78, 5) is 19.0. The quantitative estimate of drug-likeness (QED) is 0.782. The highest BCUT2D eigenvalue weighted by Gasteiger charge is 2.42. The minimum atomic E-state index is -0.647. The number of amides is 2. The second-order valence-electron chi connectivity index (χ2n) is 7.75. The van der Waals surface area contributed by atoms with E-state index in [0.717, 1.165) is 22.7 Å². The van der Waals surface area contributed by atoms with Crippen LogP contribution in [0.1, 0.15) is 52.8 Å². The topological polar surface area (TPSA) is 39.7 Å². The Bertz CT molecular complexity index is 666. The number of hydrogen-bond donors (Lipinski definition) is 0. The molecule has 1 aliphatic rings. The van der Waals surface area contributed by atoms with Crippen molar-refractivity contribution in [2.75, 3.05) is 18.2 Å². The molecular weight excluding hydrogens is 320 g/mol. The zero-order chi connectivity index (χ0) is 18.3. The first-order valence-corrected chi connectivity index (χ1v) is 9.07. The first kappa shape index (κ1) is 18.8. The number of urea groups is 1. The SMILES string of the molecule is C#CC(C)(C)N1CN(C(C)(C)C)CN(c2snc(CC)c2C)C1=O. The van der Waals surface area contributed by atoms with E-state index in [2.05, 4.69) is 42.9 Å². The molecule has 0 aliphatic carbocycles. The fourth-order valence-corrected chi connectivity index (χ4v) is 3.61. The second kappa shape index (κ2) is 6.38. The zero-order valence-electron chi connectivity index (χ0n) is 15.8. The molecule has 2 amide bonds. The predicted molar refractivity (Wildman–Crippen MR) is 100 cm³/mol. The average Bonchev–Trinajstić information content (AvgIpc) is 2.87. The average molecular weight is 349 g/mol. The van der Waals surface area contributed by atoms with Gasteiger partial charge in [0.25, 0.3) is 0 Å². The van der Waals surface area contributed by atoms with Crippen molar-refractivity contribution >= 4 is 22.6 Å². The van der Waals surface area contributed by atoms with E-state index in [1.165, 1.54) is 11.5 Å². The van der Waals surface area contributed by atoms with Crippen LogP contribution in [0.15, 0.2) is 0 Å². The van der Waals surface area contributed by atoms with E-state index in [1.54, 1.807) is 4.90 Å². The van der Waals surface area contributed by atoms with E-state index in [1.807, 2.05) is 25.7 Å². The third-order valence-electron chi connectivity index (χ3n) is 4.64. The lowest BCUT2D eigenvalue weighted by Crippen LogP contribution is -2.66. The van der Waals surface area contributed by atoms with Crippen LogP contribution < -0.4 is 4.90 Å². The molecule has 0 bridgehead atoms. The number of rotatable bonds is 3. The van der Waals surface area contributed by atoms with Gasteiger partial charge in [-0.1, -0.05) is 12.8 Å². The zero-order valence-corrected chi connectivity index (χ0v) is 16.6. The number of anilines is 1. The molecule has 1 aromatic heterocycles. The fraction of sp³-hybridized carbons (Fsp3) is 0.667. The molecular formula is C18H28N4OS. The van der Waals surface area contributed by atoms with E-state index in [0.29, 0.717) is 13.3 Å².